The molecular weight excluding hydrogens is 196 g/mol. The molecule has 4 aliphatic carbocycles. The van der Waals surface area contributed by atoms with E-state index in [1.807, 2.05) is 0 Å². The Labute approximate surface area is 98.3 Å². The Morgan fingerprint density at radius 2 is 1.94 bits per heavy atom. The fourth-order valence-electron chi connectivity index (χ4n) is 4.79. The Morgan fingerprint density at radius 1 is 1.25 bits per heavy atom. The molecule has 0 aromatic heterocycles. The number of hydrogen-bond acceptors (Lipinski definition) is 1. The van der Waals surface area contributed by atoms with Gasteiger partial charge in [0.25, 0.3) is 0 Å². The number of carbonyl (C=O) groups is 1. The first-order valence-corrected chi connectivity index (χ1v) is 6.60. The highest BCUT2D eigenvalue weighted by Gasteiger charge is 2.66. The van der Waals surface area contributed by atoms with E-state index >= 15 is 0 Å². The minimum atomic E-state index is 0.266. The van der Waals surface area contributed by atoms with Gasteiger partial charge in [0.05, 0.1) is 0 Å². The lowest BCUT2D eigenvalue weighted by Crippen LogP contribution is -2.62. The van der Waals surface area contributed by atoms with Crippen LogP contribution in [0.2, 0.25) is 0 Å². The first-order chi connectivity index (χ1) is 7.38. The Kier molecular flexibility index (Phi) is 1.85. The molecule has 4 atom stereocenters. The van der Waals surface area contributed by atoms with Crippen LogP contribution in [0.3, 0.4) is 0 Å². The molecule has 0 aromatic carbocycles. The van der Waals surface area contributed by atoms with Crippen molar-refractivity contribution in [3.8, 4) is 0 Å². The van der Waals surface area contributed by atoms with Gasteiger partial charge in [-0.3, -0.25) is 4.79 Å². The molecule has 0 unspecified atom stereocenters. The van der Waals surface area contributed by atoms with Gasteiger partial charge in [-0.2, -0.15) is 0 Å². The summed E-state index contributed by atoms with van der Waals surface area (Å²) in [5.41, 5.74) is 1.97. The van der Waals surface area contributed by atoms with E-state index in [9.17, 15) is 4.79 Å². The number of hydrogen-bond donors (Lipinski definition) is 0. The second-order valence-electron chi connectivity index (χ2n) is 7.10. The van der Waals surface area contributed by atoms with Gasteiger partial charge in [0.1, 0.15) is 5.78 Å². The highest BCUT2D eigenvalue weighted by Crippen LogP contribution is 2.66. The number of allylic oxidation sites excluding steroid dienone is 2. The third-order valence-electron chi connectivity index (χ3n) is 5.66. The number of rotatable bonds is 0. The lowest BCUT2D eigenvalue weighted by Gasteiger charge is -2.60. The fourth-order valence-corrected chi connectivity index (χ4v) is 4.79. The zero-order chi connectivity index (χ0) is 11.7. The number of ketones is 1. The van der Waals surface area contributed by atoms with E-state index < -0.39 is 0 Å². The Hall–Kier alpha value is -0.590. The first kappa shape index (κ1) is 10.6. The molecule has 2 saturated carbocycles. The van der Waals surface area contributed by atoms with Gasteiger partial charge in [-0.25, -0.2) is 0 Å². The molecule has 0 N–H and O–H groups in total. The summed E-state index contributed by atoms with van der Waals surface area (Å²) in [6, 6.07) is 0. The van der Waals surface area contributed by atoms with Crippen molar-refractivity contribution < 1.29 is 4.79 Å². The van der Waals surface area contributed by atoms with Crippen LogP contribution < -0.4 is 0 Å². The molecule has 4 bridgehead atoms. The topological polar surface area (TPSA) is 17.1 Å². The zero-order valence-electron chi connectivity index (χ0n) is 10.8. The summed E-state index contributed by atoms with van der Waals surface area (Å²) in [4.78, 5) is 12.3. The standard InChI is InChI=1S/C15H22O/c1-9-8-10-12-13(16)11(9)15(12,4)7-5-6-14(10,2)3/h8,10-12H,5-7H2,1-4H3/t10-,11-,12+,15+/m0/s1. The number of Topliss-reactive ketones (excluding diaryl/α,β-unsaturated/α-hetero) is 1. The Morgan fingerprint density at radius 3 is 2.56 bits per heavy atom. The molecule has 4 rings (SSSR count). The van der Waals surface area contributed by atoms with Crippen molar-refractivity contribution in [1.82, 2.24) is 0 Å². The van der Waals surface area contributed by atoms with Crippen molar-refractivity contribution in [3.63, 3.8) is 0 Å². The van der Waals surface area contributed by atoms with Crippen molar-refractivity contribution in [2.24, 2.45) is 28.6 Å². The van der Waals surface area contributed by atoms with Crippen LogP contribution in [0.5, 0.6) is 0 Å². The van der Waals surface area contributed by atoms with Gasteiger partial charge in [0, 0.05) is 11.8 Å². The average molecular weight is 218 g/mol. The summed E-state index contributed by atoms with van der Waals surface area (Å²) in [6.45, 7) is 9.22. The summed E-state index contributed by atoms with van der Waals surface area (Å²) in [7, 11) is 0. The summed E-state index contributed by atoms with van der Waals surface area (Å²) in [5, 5.41) is 0. The van der Waals surface area contributed by atoms with Gasteiger partial charge in [-0.1, -0.05) is 38.8 Å². The van der Waals surface area contributed by atoms with Crippen LogP contribution in [0.15, 0.2) is 11.6 Å². The van der Waals surface area contributed by atoms with E-state index in [1.165, 1.54) is 24.8 Å². The smallest absolute Gasteiger partial charge is 0.144 e. The van der Waals surface area contributed by atoms with Gasteiger partial charge in [-0.15, -0.1) is 0 Å². The molecule has 2 fully saturated rings. The molecule has 0 aromatic rings. The first-order valence-electron chi connectivity index (χ1n) is 6.60. The molecule has 1 nitrogen and oxygen atoms in total. The predicted octanol–water partition coefficient (Wildman–Crippen LogP) is 3.59. The molecule has 0 heterocycles. The van der Waals surface area contributed by atoms with E-state index in [2.05, 4.69) is 33.8 Å². The second-order valence-corrected chi connectivity index (χ2v) is 7.10. The largest absolute Gasteiger partial charge is 0.299 e. The van der Waals surface area contributed by atoms with Crippen LogP contribution in [-0.4, -0.2) is 5.78 Å². The van der Waals surface area contributed by atoms with E-state index in [4.69, 9.17) is 0 Å². The maximum absolute atomic E-state index is 12.3. The highest BCUT2D eigenvalue weighted by atomic mass is 16.1. The van der Waals surface area contributed by atoms with Crippen LogP contribution in [0, 0.1) is 28.6 Å². The predicted molar refractivity (Wildman–Crippen MR) is 65.0 cm³/mol. The van der Waals surface area contributed by atoms with Crippen LogP contribution in [-0.2, 0) is 4.79 Å². The Balaban J connectivity index is 2.15. The third kappa shape index (κ3) is 1.00. The van der Waals surface area contributed by atoms with Crippen molar-refractivity contribution in [2.45, 2.75) is 47.0 Å². The van der Waals surface area contributed by atoms with Crippen molar-refractivity contribution in [1.29, 1.82) is 0 Å². The third-order valence-corrected chi connectivity index (χ3v) is 5.66. The average Bonchev–Trinajstić information content (AvgIpc) is 2.20. The number of carbonyl (C=O) groups excluding carboxylic acids is 1. The lowest BCUT2D eigenvalue weighted by atomic mass is 9.42. The summed E-state index contributed by atoms with van der Waals surface area (Å²) in [6.07, 6.45) is 6.23. The molecule has 0 saturated heterocycles. The molecule has 16 heavy (non-hydrogen) atoms. The maximum atomic E-state index is 12.3. The molecule has 0 radical (unpaired) electrons. The van der Waals surface area contributed by atoms with Crippen molar-refractivity contribution >= 4 is 5.78 Å². The fraction of sp³-hybridized carbons (Fsp3) is 0.800. The van der Waals surface area contributed by atoms with Gasteiger partial charge in [0.2, 0.25) is 0 Å². The quantitative estimate of drug-likeness (QED) is 0.568. The molecular formula is C15H22O. The molecule has 0 aliphatic heterocycles. The van der Waals surface area contributed by atoms with Gasteiger partial charge < -0.3 is 0 Å². The van der Waals surface area contributed by atoms with Gasteiger partial charge in [-0.05, 0) is 36.5 Å². The van der Waals surface area contributed by atoms with E-state index in [0.717, 1.165) is 0 Å². The monoisotopic (exact) mass is 218 g/mol. The molecule has 4 aliphatic rings. The normalized spacial score (nSPS) is 49.1. The van der Waals surface area contributed by atoms with Crippen LogP contribution in [0.1, 0.15) is 47.0 Å². The lowest BCUT2D eigenvalue weighted by molar-refractivity contribution is -0.159. The molecule has 1 heteroatoms. The summed E-state index contributed by atoms with van der Waals surface area (Å²) < 4.78 is 0. The van der Waals surface area contributed by atoms with Crippen LogP contribution in [0.25, 0.3) is 0 Å². The SMILES string of the molecule is CC1=C[C@H]2[C@@H]3C(=O)[C@H]1[C@@]3(C)CCCC2(C)C. The Bertz CT molecular complexity index is 390. The van der Waals surface area contributed by atoms with E-state index in [1.54, 1.807) is 0 Å². The highest BCUT2D eigenvalue weighted by molar-refractivity contribution is 5.96. The summed E-state index contributed by atoms with van der Waals surface area (Å²) in [5.74, 6) is 1.64. The van der Waals surface area contributed by atoms with E-state index in [0.29, 0.717) is 28.4 Å². The molecule has 88 valence electrons. The van der Waals surface area contributed by atoms with Crippen LogP contribution >= 0.6 is 0 Å². The molecule has 0 amide bonds. The molecule has 0 spiro atoms. The maximum Gasteiger partial charge on any atom is 0.144 e. The minimum absolute atomic E-state index is 0.266. The van der Waals surface area contributed by atoms with E-state index in [-0.39, 0.29) is 5.92 Å². The van der Waals surface area contributed by atoms with Crippen LogP contribution in [0.4, 0.5) is 0 Å². The van der Waals surface area contributed by atoms with Crippen molar-refractivity contribution in [2.75, 3.05) is 0 Å². The van der Waals surface area contributed by atoms with Crippen molar-refractivity contribution in [3.05, 3.63) is 11.6 Å². The van der Waals surface area contributed by atoms with Gasteiger partial charge >= 0.3 is 0 Å². The summed E-state index contributed by atoms with van der Waals surface area (Å²) >= 11 is 0. The second kappa shape index (κ2) is 2.80. The van der Waals surface area contributed by atoms with Gasteiger partial charge in [0.15, 0.2) is 0 Å². The minimum Gasteiger partial charge on any atom is -0.299 e. The zero-order valence-corrected chi connectivity index (χ0v) is 10.8.